The summed E-state index contributed by atoms with van der Waals surface area (Å²) in [6.07, 6.45) is 1.18. The Labute approximate surface area is 213 Å². The van der Waals surface area contributed by atoms with Crippen LogP contribution < -0.4 is 4.74 Å². The first-order chi connectivity index (χ1) is 17.2. The quantitative estimate of drug-likeness (QED) is 0.551. The second kappa shape index (κ2) is 10.9. The van der Waals surface area contributed by atoms with Crippen LogP contribution in [-0.4, -0.2) is 82.0 Å². The number of aliphatic hydroxyl groups excluding tert-OH is 1. The Hall–Kier alpha value is -3.10. The van der Waals surface area contributed by atoms with E-state index in [9.17, 15) is 19.8 Å². The lowest BCUT2D eigenvalue weighted by Crippen LogP contribution is -2.58. The molecule has 0 bridgehead atoms. The van der Waals surface area contributed by atoms with Gasteiger partial charge in [-0.15, -0.1) is 0 Å². The Bertz CT molecular complexity index is 1060. The lowest BCUT2D eigenvalue weighted by atomic mass is 9.84. The SMILES string of the molecule is COc1ccc(CCN2C(=O)N(CC(C)C)C(O)C23CCN(Cc2cccc(C(=O)O)c2)CC3)cc1. The molecule has 2 fully saturated rings. The van der Waals surface area contributed by atoms with Crippen molar-refractivity contribution in [3.8, 4) is 5.75 Å². The summed E-state index contributed by atoms with van der Waals surface area (Å²) in [5.41, 5.74) is 1.72. The van der Waals surface area contributed by atoms with E-state index in [1.165, 1.54) is 0 Å². The number of benzene rings is 2. The number of aromatic carboxylic acids is 1. The lowest BCUT2D eigenvalue weighted by Gasteiger charge is -2.45. The topological polar surface area (TPSA) is 93.6 Å². The number of amides is 2. The largest absolute Gasteiger partial charge is 0.497 e. The van der Waals surface area contributed by atoms with E-state index < -0.39 is 17.7 Å². The van der Waals surface area contributed by atoms with Crippen LogP contribution in [0.25, 0.3) is 0 Å². The summed E-state index contributed by atoms with van der Waals surface area (Å²) < 4.78 is 5.25. The van der Waals surface area contributed by atoms with Gasteiger partial charge in [0.2, 0.25) is 0 Å². The van der Waals surface area contributed by atoms with Crippen molar-refractivity contribution >= 4 is 12.0 Å². The van der Waals surface area contributed by atoms with Gasteiger partial charge in [0.25, 0.3) is 0 Å². The fourth-order valence-electron chi connectivity index (χ4n) is 5.49. The molecule has 2 heterocycles. The number of carbonyl (C=O) groups is 2. The number of aliphatic hydroxyl groups is 1. The van der Waals surface area contributed by atoms with Crippen molar-refractivity contribution in [2.45, 2.75) is 51.4 Å². The predicted molar refractivity (Wildman–Crippen MR) is 137 cm³/mol. The van der Waals surface area contributed by atoms with Gasteiger partial charge in [-0.25, -0.2) is 9.59 Å². The molecular formula is C28H37N3O5. The average molecular weight is 496 g/mol. The zero-order chi connectivity index (χ0) is 25.9. The van der Waals surface area contributed by atoms with Crippen LogP contribution in [0.15, 0.2) is 48.5 Å². The van der Waals surface area contributed by atoms with Gasteiger partial charge in [0, 0.05) is 32.7 Å². The van der Waals surface area contributed by atoms with Gasteiger partial charge in [0.1, 0.15) is 5.75 Å². The third kappa shape index (κ3) is 5.34. The zero-order valence-electron chi connectivity index (χ0n) is 21.4. The summed E-state index contributed by atoms with van der Waals surface area (Å²) >= 11 is 0. The molecule has 0 radical (unpaired) electrons. The lowest BCUT2D eigenvalue weighted by molar-refractivity contribution is -0.0571. The minimum atomic E-state index is -0.931. The molecule has 8 heteroatoms. The highest BCUT2D eigenvalue weighted by Crippen LogP contribution is 2.41. The number of ether oxygens (including phenoxy) is 1. The molecule has 8 nitrogen and oxygen atoms in total. The Morgan fingerprint density at radius 2 is 1.81 bits per heavy atom. The monoisotopic (exact) mass is 495 g/mol. The van der Waals surface area contributed by atoms with Gasteiger partial charge in [-0.2, -0.15) is 0 Å². The molecule has 1 spiro atoms. The first kappa shape index (κ1) is 26.0. The number of carboxylic acid groups (broad SMARTS) is 1. The van der Waals surface area contributed by atoms with Crippen LogP contribution in [0.5, 0.6) is 5.75 Å². The maximum atomic E-state index is 13.5. The maximum Gasteiger partial charge on any atom is 0.335 e. The standard InChI is InChI=1S/C28H37N3O5/c1-20(2)18-30-26(34)28(31(27(30)35)14-11-21-7-9-24(36-3)10-8-21)12-15-29(16-13-28)19-22-5-4-6-23(17-22)25(32)33/h4-10,17,20,26,34H,11-16,18-19H2,1-3H3,(H,32,33). The molecule has 2 aromatic rings. The Balaban J connectivity index is 1.48. The number of rotatable bonds is 9. The molecule has 0 saturated carbocycles. The van der Waals surface area contributed by atoms with Crippen LogP contribution in [0.1, 0.15) is 48.2 Å². The fourth-order valence-corrected chi connectivity index (χ4v) is 5.49. The van der Waals surface area contributed by atoms with Gasteiger partial charge >= 0.3 is 12.0 Å². The summed E-state index contributed by atoms with van der Waals surface area (Å²) in [6, 6.07) is 14.8. The van der Waals surface area contributed by atoms with Crippen molar-refractivity contribution in [3.05, 3.63) is 65.2 Å². The second-order valence-electron chi connectivity index (χ2n) is 10.3. The molecule has 2 aliphatic rings. The number of hydrogen-bond acceptors (Lipinski definition) is 5. The minimum Gasteiger partial charge on any atom is -0.497 e. The minimum absolute atomic E-state index is 0.0904. The molecule has 1 unspecified atom stereocenters. The first-order valence-corrected chi connectivity index (χ1v) is 12.7. The fraction of sp³-hybridized carbons (Fsp3) is 0.500. The molecule has 0 aromatic heterocycles. The van der Waals surface area contributed by atoms with Crippen molar-refractivity contribution in [2.75, 3.05) is 33.3 Å². The summed E-state index contributed by atoms with van der Waals surface area (Å²) in [7, 11) is 1.64. The van der Waals surface area contributed by atoms with Crippen LogP contribution in [-0.2, 0) is 13.0 Å². The van der Waals surface area contributed by atoms with Crippen molar-refractivity contribution < 1.29 is 24.5 Å². The van der Waals surface area contributed by atoms with Gasteiger partial charge in [0.05, 0.1) is 18.2 Å². The van der Waals surface area contributed by atoms with Crippen molar-refractivity contribution in [3.63, 3.8) is 0 Å². The number of urea groups is 1. The van der Waals surface area contributed by atoms with E-state index in [4.69, 9.17) is 4.74 Å². The van der Waals surface area contributed by atoms with E-state index in [2.05, 4.69) is 18.7 Å². The van der Waals surface area contributed by atoms with Gasteiger partial charge in [0.15, 0.2) is 6.23 Å². The molecule has 2 aliphatic heterocycles. The highest BCUT2D eigenvalue weighted by molar-refractivity contribution is 5.87. The number of hydrogen-bond donors (Lipinski definition) is 2. The molecule has 2 N–H and O–H groups in total. The number of carbonyl (C=O) groups excluding carboxylic acids is 1. The molecule has 1 atom stereocenters. The van der Waals surface area contributed by atoms with E-state index in [1.807, 2.05) is 35.2 Å². The van der Waals surface area contributed by atoms with Crippen LogP contribution in [0.3, 0.4) is 0 Å². The summed E-state index contributed by atoms with van der Waals surface area (Å²) in [4.78, 5) is 30.7. The molecule has 2 amide bonds. The molecule has 0 aliphatic carbocycles. The van der Waals surface area contributed by atoms with Crippen molar-refractivity contribution in [2.24, 2.45) is 5.92 Å². The van der Waals surface area contributed by atoms with Crippen molar-refractivity contribution in [1.29, 1.82) is 0 Å². The summed E-state index contributed by atoms with van der Waals surface area (Å²) in [6.45, 7) is 7.25. The van der Waals surface area contributed by atoms with Crippen LogP contribution in [0, 0.1) is 5.92 Å². The highest BCUT2D eigenvalue weighted by Gasteiger charge is 2.57. The number of piperidine rings is 1. The van der Waals surface area contributed by atoms with Gasteiger partial charge in [-0.1, -0.05) is 38.1 Å². The third-order valence-corrected chi connectivity index (χ3v) is 7.44. The summed E-state index contributed by atoms with van der Waals surface area (Å²) in [5.74, 6) is 0.121. The number of likely N-dealkylation sites (tertiary alicyclic amines) is 1. The zero-order valence-corrected chi connectivity index (χ0v) is 21.4. The Morgan fingerprint density at radius 3 is 2.42 bits per heavy atom. The first-order valence-electron chi connectivity index (χ1n) is 12.7. The van der Waals surface area contributed by atoms with Gasteiger partial charge in [-0.05, 0) is 60.6 Å². The second-order valence-corrected chi connectivity index (χ2v) is 10.3. The number of carboxylic acids is 1. The maximum absolute atomic E-state index is 13.5. The van der Waals surface area contributed by atoms with Crippen LogP contribution in [0.4, 0.5) is 4.79 Å². The molecule has 2 aromatic carbocycles. The third-order valence-electron chi connectivity index (χ3n) is 7.44. The van der Waals surface area contributed by atoms with E-state index in [1.54, 1.807) is 30.2 Å². The normalized spacial score (nSPS) is 19.9. The molecule has 194 valence electrons. The van der Waals surface area contributed by atoms with Crippen LogP contribution in [0.2, 0.25) is 0 Å². The van der Waals surface area contributed by atoms with Crippen molar-refractivity contribution in [1.82, 2.24) is 14.7 Å². The Morgan fingerprint density at radius 1 is 1.11 bits per heavy atom. The molecule has 4 rings (SSSR count). The highest BCUT2D eigenvalue weighted by atomic mass is 16.5. The predicted octanol–water partition coefficient (Wildman–Crippen LogP) is 3.68. The molecular weight excluding hydrogens is 458 g/mol. The number of methoxy groups -OCH3 is 1. The number of nitrogens with zero attached hydrogens (tertiary/aromatic N) is 3. The molecule has 2 saturated heterocycles. The van der Waals surface area contributed by atoms with E-state index in [-0.39, 0.29) is 17.5 Å². The Kier molecular flexibility index (Phi) is 7.85. The van der Waals surface area contributed by atoms with Gasteiger partial charge < -0.3 is 19.8 Å². The van der Waals surface area contributed by atoms with Crippen LogP contribution >= 0.6 is 0 Å². The van der Waals surface area contributed by atoms with E-state index in [0.717, 1.165) is 30.0 Å². The van der Waals surface area contributed by atoms with Gasteiger partial charge in [-0.3, -0.25) is 9.80 Å². The molecule has 36 heavy (non-hydrogen) atoms. The van der Waals surface area contributed by atoms with E-state index >= 15 is 0 Å². The summed E-state index contributed by atoms with van der Waals surface area (Å²) in [5, 5.41) is 20.8. The average Bonchev–Trinajstić information content (AvgIpc) is 3.05. The smallest absolute Gasteiger partial charge is 0.335 e. The van der Waals surface area contributed by atoms with E-state index in [0.29, 0.717) is 38.9 Å².